The van der Waals surface area contributed by atoms with Crippen molar-refractivity contribution in [1.82, 2.24) is 4.90 Å². The molecule has 1 fully saturated rings. The minimum absolute atomic E-state index is 0.0736. The number of halogens is 2. The van der Waals surface area contributed by atoms with E-state index >= 15 is 0 Å². The molecular formula is C31H31ClFNO6S. The van der Waals surface area contributed by atoms with Crippen LogP contribution in [0.2, 0.25) is 5.02 Å². The predicted octanol–water partition coefficient (Wildman–Crippen LogP) is 7.16. The molecule has 0 radical (unpaired) electrons. The lowest BCUT2D eigenvalue weighted by Crippen LogP contribution is -2.38. The van der Waals surface area contributed by atoms with E-state index < -0.39 is 35.3 Å². The topological polar surface area (TPSA) is 93.1 Å². The van der Waals surface area contributed by atoms with E-state index in [9.17, 15) is 23.9 Å². The number of aryl methyl sites for hydroxylation is 2. The van der Waals surface area contributed by atoms with Crippen LogP contribution in [-0.4, -0.2) is 52.8 Å². The lowest BCUT2D eigenvalue weighted by atomic mass is 9.82. The fourth-order valence-corrected chi connectivity index (χ4v) is 5.47. The van der Waals surface area contributed by atoms with Gasteiger partial charge in [-0.2, -0.15) is 0 Å². The molecule has 1 heterocycles. The Morgan fingerprint density at radius 1 is 1.02 bits per heavy atom. The van der Waals surface area contributed by atoms with Gasteiger partial charge in [0, 0.05) is 40.4 Å². The van der Waals surface area contributed by atoms with Gasteiger partial charge < -0.3 is 19.5 Å². The summed E-state index contributed by atoms with van der Waals surface area (Å²) in [5, 5.41) is 9.70. The molecule has 1 aliphatic heterocycles. The van der Waals surface area contributed by atoms with Crippen molar-refractivity contribution in [2.75, 3.05) is 19.3 Å². The van der Waals surface area contributed by atoms with Crippen molar-refractivity contribution in [1.29, 1.82) is 0 Å². The molecule has 4 rings (SSSR count). The molecule has 1 amide bonds. The van der Waals surface area contributed by atoms with E-state index in [1.165, 1.54) is 30.9 Å². The number of thioether (sulfide) groups is 1. The van der Waals surface area contributed by atoms with Gasteiger partial charge in [0.05, 0.1) is 0 Å². The minimum atomic E-state index is -1.44. The highest BCUT2D eigenvalue weighted by atomic mass is 35.5. The van der Waals surface area contributed by atoms with Gasteiger partial charge >= 0.3 is 12.1 Å². The van der Waals surface area contributed by atoms with Crippen molar-refractivity contribution < 1.29 is 33.4 Å². The lowest BCUT2D eigenvalue weighted by molar-refractivity contribution is -0.152. The van der Waals surface area contributed by atoms with Crippen LogP contribution in [0.3, 0.4) is 0 Å². The molecule has 1 aliphatic rings. The van der Waals surface area contributed by atoms with Crippen molar-refractivity contribution in [2.24, 2.45) is 5.92 Å². The first kappa shape index (κ1) is 30.4. The molecule has 1 saturated heterocycles. The van der Waals surface area contributed by atoms with Gasteiger partial charge in [-0.15, -0.1) is 11.8 Å². The molecule has 0 spiro atoms. The number of Topliss-reactive ketones (excluding diaryl/α,β-unsaturated/α-hetero) is 1. The molecule has 3 aromatic carbocycles. The number of carbonyl (C=O) groups excluding carboxylic acids is 2. The second-order valence-electron chi connectivity index (χ2n) is 10.6. The van der Waals surface area contributed by atoms with E-state index in [0.717, 1.165) is 16.5 Å². The maximum Gasteiger partial charge on any atom is 0.415 e. The summed E-state index contributed by atoms with van der Waals surface area (Å²) < 4.78 is 25.5. The molecular weight excluding hydrogens is 569 g/mol. The van der Waals surface area contributed by atoms with Crippen molar-refractivity contribution in [2.45, 2.75) is 44.1 Å². The number of amides is 1. The number of ether oxygens (including phenoxy) is 2. The Hall–Kier alpha value is -3.56. The molecule has 41 heavy (non-hydrogen) atoms. The Labute approximate surface area is 247 Å². The SMILES string of the molecule is CSc1ccc(C(=O)[C@H]2CN(C(=O)Oc3ccc(Cl)cc3F)C[C@@H]2c2cc(C)c(OC(C)(C)C(=O)O)c(C)c2)cc1. The molecule has 0 aromatic heterocycles. The number of rotatable bonds is 8. The quantitative estimate of drug-likeness (QED) is 0.217. The van der Waals surface area contributed by atoms with Crippen LogP contribution in [0.4, 0.5) is 9.18 Å². The summed E-state index contributed by atoms with van der Waals surface area (Å²) >= 11 is 7.39. The highest BCUT2D eigenvalue weighted by Gasteiger charge is 2.42. The highest BCUT2D eigenvalue weighted by Crippen LogP contribution is 2.39. The summed E-state index contributed by atoms with van der Waals surface area (Å²) in [5.41, 5.74) is 1.28. The average Bonchev–Trinajstić information content (AvgIpc) is 3.37. The Bertz CT molecular complexity index is 1470. The zero-order chi connectivity index (χ0) is 30.1. The summed E-state index contributed by atoms with van der Waals surface area (Å²) in [6.07, 6.45) is 1.17. The second-order valence-corrected chi connectivity index (χ2v) is 11.9. The summed E-state index contributed by atoms with van der Waals surface area (Å²) in [4.78, 5) is 41.0. The largest absolute Gasteiger partial charge is 0.478 e. The van der Waals surface area contributed by atoms with Gasteiger partial charge in [0.1, 0.15) is 5.75 Å². The molecule has 216 valence electrons. The lowest BCUT2D eigenvalue weighted by Gasteiger charge is -2.26. The van der Waals surface area contributed by atoms with Crippen LogP contribution >= 0.6 is 23.4 Å². The van der Waals surface area contributed by atoms with Crippen molar-refractivity contribution in [3.63, 3.8) is 0 Å². The summed E-state index contributed by atoms with van der Waals surface area (Å²) in [7, 11) is 0. The van der Waals surface area contributed by atoms with Gasteiger partial charge in [-0.1, -0.05) is 35.9 Å². The van der Waals surface area contributed by atoms with Gasteiger partial charge in [-0.3, -0.25) is 4.79 Å². The first-order valence-electron chi connectivity index (χ1n) is 12.9. The van der Waals surface area contributed by atoms with E-state index in [4.69, 9.17) is 21.1 Å². The molecule has 2 atom stereocenters. The van der Waals surface area contributed by atoms with Gasteiger partial charge in [-0.25, -0.2) is 14.0 Å². The van der Waals surface area contributed by atoms with Crippen molar-refractivity contribution in [3.05, 3.63) is 87.7 Å². The number of benzene rings is 3. The maximum absolute atomic E-state index is 14.3. The highest BCUT2D eigenvalue weighted by molar-refractivity contribution is 7.98. The second kappa shape index (κ2) is 12.1. The number of likely N-dealkylation sites (tertiary alicyclic amines) is 1. The van der Waals surface area contributed by atoms with E-state index in [1.54, 1.807) is 23.9 Å². The van der Waals surface area contributed by atoms with Crippen LogP contribution in [0.1, 0.15) is 46.8 Å². The average molecular weight is 600 g/mol. The summed E-state index contributed by atoms with van der Waals surface area (Å²) in [6, 6.07) is 14.8. The third kappa shape index (κ3) is 6.68. The zero-order valence-electron chi connectivity index (χ0n) is 23.4. The van der Waals surface area contributed by atoms with Gasteiger partial charge in [0.2, 0.25) is 0 Å². The summed E-state index contributed by atoms with van der Waals surface area (Å²) in [6.45, 7) is 6.81. The van der Waals surface area contributed by atoms with E-state index in [1.807, 2.05) is 44.4 Å². The number of aliphatic carboxylic acids is 1. The first-order chi connectivity index (χ1) is 19.3. The number of ketones is 1. The van der Waals surface area contributed by atoms with E-state index in [0.29, 0.717) is 22.4 Å². The first-order valence-corrected chi connectivity index (χ1v) is 14.5. The fraction of sp³-hybridized carbons (Fsp3) is 0.323. The monoisotopic (exact) mass is 599 g/mol. The predicted molar refractivity (Wildman–Crippen MR) is 156 cm³/mol. The van der Waals surface area contributed by atoms with Crippen molar-refractivity contribution in [3.8, 4) is 11.5 Å². The normalized spacial score (nSPS) is 16.9. The third-order valence-corrected chi connectivity index (χ3v) is 8.14. The Balaban J connectivity index is 1.67. The van der Waals surface area contributed by atoms with Crippen LogP contribution in [-0.2, 0) is 4.79 Å². The molecule has 0 aliphatic carbocycles. The van der Waals surface area contributed by atoms with E-state index in [-0.39, 0.29) is 29.6 Å². The number of carbonyl (C=O) groups is 3. The van der Waals surface area contributed by atoms with Gasteiger partial charge in [-0.05, 0) is 81.0 Å². The molecule has 0 unspecified atom stereocenters. The number of carboxylic acid groups (broad SMARTS) is 1. The van der Waals surface area contributed by atoms with Gasteiger partial charge in [0.25, 0.3) is 0 Å². The number of hydrogen-bond donors (Lipinski definition) is 1. The zero-order valence-corrected chi connectivity index (χ0v) is 24.9. The molecule has 10 heteroatoms. The Kier molecular flexibility index (Phi) is 8.99. The number of carboxylic acids is 1. The minimum Gasteiger partial charge on any atom is -0.478 e. The van der Waals surface area contributed by atoms with Crippen LogP contribution in [0, 0.1) is 25.6 Å². The van der Waals surface area contributed by atoms with Crippen LogP contribution < -0.4 is 9.47 Å². The molecule has 0 bridgehead atoms. The van der Waals surface area contributed by atoms with Crippen LogP contribution in [0.5, 0.6) is 11.5 Å². The third-order valence-electron chi connectivity index (χ3n) is 7.16. The molecule has 0 saturated carbocycles. The number of nitrogens with zero attached hydrogens (tertiary/aromatic N) is 1. The van der Waals surface area contributed by atoms with Gasteiger partial charge in [0.15, 0.2) is 23.0 Å². The standard InChI is InChI=1S/C31H31ClFNO6S/c1-17-12-20(13-18(2)28(17)40-31(3,4)29(36)37)23-15-34(30(38)39-26-11-8-21(32)14-25(26)33)16-24(23)27(35)19-6-9-22(41-5)10-7-19/h6-14,23-24H,15-16H2,1-5H3,(H,36,37)/t23-,24+/m1/s1. The summed E-state index contributed by atoms with van der Waals surface area (Å²) in [5.74, 6) is -2.80. The molecule has 7 nitrogen and oxygen atoms in total. The smallest absolute Gasteiger partial charge is 0.415 e. The van der Waals surface area contributed by atoms with Crippen molar-refractivity contribution >= 4 is 41.2 Å². The number of hydrogen-bond acceptors (Lipinski definition) is 6. The molecule has 1 N–H and O–H groups in total. The fourth-order valence-electron chi connectivity index (χ4n) is 4.90. The van der Waals surface area contributed by atoms with Crippen LogP contribution in [0.25, 0.3) is 0 Å². The van der Waals surface area contributed by atoms with Crippen LogP contribution in [0.15, 0.2) is 59.5 Å². The van der Waals surface area contributed by atoms with E-state index in [2.05, 4.69) is 0 Å². The maximum atomic E-state index is 14.3. The molecule has 3 aromatic rings. The Morgan fingerprint density at radius 2 is 1.66 bits per heavy atom. The Morgan fingerprint density at radius 3 is 2.22 bits per heavy atom.